The third-order valence-corrected chi connectivity index (χ3v) is 5.10. The van der Waals surface area contributed by atoms with Gasteiger partial charge >= 0.3 is 6.18 Å². The topological polar surface area (TPSA) is 79.4 Å². The standard InChI is InChI=1S/C23H22F3N5O2/c24-23(25,26)17-3-1-4-18(14-17)30-21-19(5-2-7-28-21)22(32)29-15-16-6-8-27-20(13-16)31-9-11-33-12-10-31/h1-8,13-14H,9-12,15H2,(H,28,30)(H,29,32). The van der Waals surface area contributed by atoms with Crippen molar-refractivity contribution in [2.45, 2.75) is 12.7 Å². The highest BCUT2D eigenvalue weighted by Gasteiger charge is 2.30. The van der Waals surface area contributed by atoms with Crippen molar-refractivity contribution in [3.05, 3.63) is 77.6 Å². The van der Waals surface area contributed by atoms with Crippen LogP contribution in [0.4, 0.5) is 30.5 Å². The Hall–Kier alpha value is -3.66. The van der Waals surface area contributed by atoms with Gasteiger partial charge in [0, 0.05) is 37.7 Å². The van der Waals surface area contributed by atoms with Gasteiger partial charge in [-0.2, -0.15) is 13.2 Å². The first-order valence-electron chi connectivity index (χ1n) is 10.4. The number of carbonyl (C=O) groups is 1. The van der Waals surface area contributed by atoms with E-state index in [9.17, 15) is 18.0 Å². The van der Waals surface area contributed by atoms with Crippen LogP contribution in [0.5, 0.6) is 0 Å². The molecule has 1 saturated heterocycles. The molecule has 0 spiro atoms. The minimum Gasteiger partial charge on any atom is -0.378 e. The summed E-state index contributed by atoms with van der Waals surface area (Å²) in [4.78, 5) is 23.5. The zero-order valence-corrected chi connectivity index (χ0v) is 17.6. The Morgan fingerprint density at radius 3 is 2.64 bits per heavy atom. The van der Waals surface area contributed by atoms with Crippen LogP contribution in [0.15, 0.2) is 60.9 Å². The van der Waals surface area contributed by atoms with Gasteiger partial charge < -0.3 is 20.3 Å². The first-order chi connectivity index (χ1) is 15.9. The van der Waals surface area contributed by atoms with Crippen LogP contribution in [-0.4, -0.2) is 42.2 Å². The van der Waals surface area contributed by atoms with E-state index in [2.05, 4.69) is 25.5 Å². The molecular weight excluding hydrogens is 435 g/mol. The van der Waals surface area contributed by atoms with Crippen LogP contribution in [0, 0.1) is 0 Å². The monoisotopic (exact) mass is 457 g/mol. The molecule has 0 radical (unpaired) electrons. The van der Waals surface area contributed by atoms with Crippen molar-refractivity contribution in [2.75, 3.05) is 36.5 Å². The van der Waals surface area contributed by atoms with Crippen LogP contribution in [-0.2, 0) is 17.5 Å². The number of aromatic nitrogens is 2. The van der Waals surface area contributed by atoms with E-state index in [4.69, 9.17) is 4.74 Å². The van der Waals surface area contributed by atoms with E-state index in [0.717, 1.165) is 36.6 Å². The van der Waals surface area contributed by atoms with E-state index in [1.54, 1.807) is 18.3 Å². The summed E-state index contributed by atoms with van der Waals surface area (Å²) < 4.78 is 44.4. The first-order valence-corrected chi connectivity index (χ1v) is 10.4. The molecule has 2 aromatic heterocycles. The molecule has 33 heavy (non-hydrogen) atoms. The third-order valence-electron chi connectivity index (χ3n) is 5.10. The predicted molar refractivity (Wildman–Crippen MR) is 117 cm³/mol. The summed E-state index contributed by atoms with van der Waals surface area (Å²) in [6.45, 7) is 3.05. The van der Waals surface area contributed by atoms with Crippen LogP contribution in [0.25, 0.3) is 0 Å². The highest BCUT2D eigenvalue weighted by Crippen LogP contribution is 2.31. The van der Waals surface area contributed by atoms with E-state index < -0.39 is 17.6 Å². The van der Waals surface area contributed by atoms with Crippen LogP contribution < -0.4 is 15.5 Å². The maximum absolute atomic E-state index is 13.0. The molecular formula is C23H22F3N5O2. The molecule has 0 aliphatic carbocycles. The maximum atomic E-state index is 13.0. The van der Waals surface area contributed by atoms with Gasteiger partial charge in [-0.15, -0.1) is 0 Å². The number of halogens is 3. The lowest BCUT2D eigenvalue weighted by molar-refractivity contribution is -0.137. The summed E-state index contributed by atoms with van der Waals surface area (Å²) in [6.07, 6.45) is -1.31. The molecule has 3 aromatic rings. The number of carbonyl (C=O) groups excluding carboxylic acids is 1. The molecule has 0 saturated carbocycles. The number of anilines is 3. The fraction of sp³-hybridized carbons (Fsp3) is 0.261. The summed E-state index contributed by atoms with van der Waals surface area (Å²) in [5.41, 5.74) is 0.485. The summed E-state index contributed by atoms with van der Waals surface area (Å²) in [7, 11) is 0. The molecule has 0 unspecified atom stereocenters. The van der Waals surface area contributed by atoms with E-state index in [0.29, 0.717) is 13.2 Å². The van der Waals surface area contributed by atoms with Gasteiger partial charge in [0.25, 0.3) is 5.91 Å². The molecule has 1 amide bonds. The molecule has 172 valence electrons. The number of hydrogen-bond acceptors (Lipinski definition) is 6. The van der Waals surface area contributed by atoms with Gasteiger partial charge in [-0.05, 0) is 48.0 Å². The molecule has 1 fully saturated rings. The SMILES string of the molecule is O=C(NCc1ccnc(N2CCOCC2)c1)c1cccnc1Nc1cccc(C(F)(F)F)c1. The lowest BCUT2D eigenvalue weighted by atomic mass is 10.1. The number of rotatable bonds is 6. The third kappa shape index (κ3) is 5.78. The molecule has 10 heteroatoms. The molecule has 7 nitrogen and oxygen atoms in total. The zero-order valence-electron chi connectivity index (χ0n) is 17.6. The molecule has 1 aliphatic rings. The van der Waals surface area contributed by atoms with Gasteiger partial charge in [0.15, 0.2) is 0 Å². The number of pyridine rings is 2. The molecule has 0 bridgehead atoms. The van der Waals surface area contributed by atoms with E-state index in [-0.39, 0.29) is 23.6 Å². The average molecular weight is 457 g/mol. The van der Waals surface area contributed by atoms with Crippen molar-refractivity contribution < 1.29 is 22.7 Å². The highest BCUT2D eigenvalue weighted by atomic mass is 19.4. The van der Waals surface area contributed by atoms with E-state index in [1.807, 2.05) is 12.1 Å². The van der Waals surface area contributed by atoms with Crippen molar-refractivity contribution in [3.8, 4) is 0 Å². The number of nitrogens with zero attached hydrogens (tertiary/aromatic N) is 3. The first kappa shape index (κ1) is 22.5. The van der Waals surface area contributed by atoms with E-state index >= 15 is 0 Å². The quantitative estimate of drug-likeness (QED) is 0.583. The average Bonchev–Trinajstić information content (AvgIpc) is 2.83. The normalized spacial score (nSPS) is 14.1. The van der Waals surface area contributed by atoms with Crippen LogP contribution in [0.2, 0.25) is 0 Å². The largest absolute Gasteiger partial charge is 0.416 e. The number of nitrogens with one attached hydrogen (secondary N) is 2. The molecule has 4 rings (SSSR count). The minimum absolute atomic E-state index is 0.165. The van der Waals surface area contributed by atoms with E-state index in [1.165, 1.54) is 18.3 Å². The Bertz CT molecular complexity index is 1120. The second-order valence-corrected chi connectivity index (χ2v) is 7.41. The van der Waals surface area contributed by atoms with Crippen molar-refractivity contribution in [1.82, 2.24) is 15.3 Å². The van der Waals surface area contributed by atoms with Crippen molar-refractivity contribution >= 4 is 23.2 Å². The maximum Gasteiger partial charge on any atom is 0.416 e. The zero-order chi connectivity index (χ0) is 23.3. The van der Waals surface area contributed by atoms with Crippen LogP contribution in [0.3, 0.4) is 0 Å². The van der Waals surface area contributed by atoms with Gasteiger partial charge in [0.1, 0.15) is 11.6 Å². The summed E-state index contributed by atoms with van der Waals surface area (Å²) in [6, 6.07) is 11.6. The number of ether oxygens (including phenoxy) is 1. The lowest BCUT2D eigenvalue weighted by Gasteiger charge is -2.28. The fourth-order valence-corrected chi connectivity index (χ4v) is 3.41. The minimum atomic E-state index is -4.47. The predicted octanol–water partition coefficient (Wildman–Crippen LogP) is 4.01. The number of benzene rings is 1. The smallest absolute Gasteiger partial charge is 0.378 e. The van der Waals surface area contributed by atoms with Gasteiger partial charge in [-0.3, -0.25) is 4.79 Å². The molecule has 2 N–H and O–H groups in total. The van der Waals surface area contributed by atoms with Gasteiger partial charge in [-0.25, -0.2) is 9.97 Å². The number of morpholine rings is 1. The second kappa shape index (κ2) is 9.86. The van der Waals surface area contributed by atoms with Gasteiger partial charge in [0.05, 0.1) is 24.3 Å². The van der Waals surface area contributed by atoms with Crippen molar-refractivity contribution in [3.63, 3.8) is 0 Å². The lowest BCUT2D eigenvalue weighted by Crippen LogP contribution is -2.36. The molecule has 0 atom stereocenters. The number of hydrogen-bond donors (Lipinski definition) is 2. The molecule has 3 heterocycles. The van der Waals surface area contributed by atoms with Crippen LogP contribution >= 0.6 is 0 Å². The summed E-state index contributed by atoms with van der Waals surface area (Å²) in [5, 5.41) is 5.65. The Balaban J connectivity index is 1.45. The molecule has 1 aromatic carbocycles. The van der Waals surface area contributed by atoms with Gasteiger partial charge in [0.2, 0.25) is 0 Å². The Kier molecular flexibility index (Phi) is 6.74. The number of alkyl halides is 3. The second-order valence-electron chi connectivity index (χ2n) is 7.41. The summed E-state index contributed by atoms with van der Waals surface area (Å²) in [5.74, 6) is 0.582. The Morgan fingerprint density at radius 1 is 1.03 bits per heavy atom. The fourth-order valence-electron chi connectivity index (χ4n) is 3.41. The summed E-state index contributed by atoms with van der Waals surface area (Å²) >= 11 is 0. The highest BCUT2D eigenvalue weighted by molar-refractivity contribution is 5.99. The van der Waals surface area contributed by atoms with Gasteiger partial charge in [-0.1, -0.05) is 6.07 Å². The van der Waals surface area contributed by atoms with Crippen molar-refractivity contribution in [1.29, 1.82) is 0 Å². The Morgan fingerprint density at radius 2 is 1.85 bits per heavy atom. The van der Waals surface area contributed by atoms with Crippen molar-refractivity contribution in [2.24, 2.45) is 0 Å². The molecule has 1 aliphatic heterocycles. The Labute approximate surface area is 188 Å². The number of amides is 1. The van der Waals surface area contributed by atoms with Crippen LogP contribution in [0.1, 0.15) is 21.5 Å².